The predicted octanol–water partition coefficient (Wildman–Crippen LogP) is 5.53. The van der Waals surface area contributed by atoms with Crippen LogP contribution in [0.2, 0.25) is 0 Å². The molecule has 10 heteroatoms. The third kappa shape index (κ3) is 5.20. The highest BCUT2D eigenvalue weighted by molar-refractivity contribution is 9.10. The molecule has 1 atom stereocenters. The van der Waals surface area contributed by atoms with Crippen molar-refractivity contribution < 1.29 is 9.59 Å². The van der Waals surface area contributed by atoms with Crippen molar-refractivity contribution in [2.45, 2.75) is 38.8 Å². The summed E-state index contributed by atoms with van der Waals surface area (Å²) in [5, 5.41) is 7.40. The zero-order valence-corrected chi connectivity index (χ0v) is 25.8. The summed E-state index contributed by atoms with van der Waals surface area (Å²) in [4.78, 5) is 45.5. The van der Waals surface area contributed by atoms with E-state index in [0.717, 1.165) is 12.0 Å². The molecule has 2 aromatic heterocycles. The van der Waals surface area contributed by atoms with E-state index in [-0.39, 0.29) is 30.0 Å². The van der Waals surface area contributed by atoms with Gasteiger partial charge in [-0.25, -0.2) is 9.36 Å². The van der Waals surface area contributed by atoms with E-state index < -0.39 is 0 Å². The van der Waals surface area contributed by atoms with E-state index in [0.29, 0.717) is 56.7 Å². The van der Waals surface area contributed by atoms with Crippen molar-refractivity contribution in [3.8, 4) is 5.69 Å². The third-order valence-electron chi connectivity index (χ3n) is 8.16. The van der Waals surface area contributed by atoms with Crippen LogP contribution in [0, 0.1) is 6.57 Å². The molecule has 0 bridgehead atoms. The second kappa shape index (κ2) is 11.9. The average Bonchev–Trinajstić information content (AvgIpc) is 3.47. The number of aromatic nitrogens is 3. The van der Waals surface area contributed by atoms with Gasteiger partial charge in [0.2, 0.25) is 5.69 Å². The lowest BCUT2D eigenvalue weighted by atomic mass is 9.98. The highest BCUT2D eigenvalue weighted by atomic mass is 79.9. The molecule has 0 saturated carbocycles. The Kier molecular flexibility index (Phi) is 7.89. The molecular formula is C34H29BrN6O3. The minimum Gasteiger partial charge on any atom is -0.355 e. The van der Waals surface area contributed by atoms with Crippen molar-refractivity contribution in [1.29, 1.82) is 0 Å². The topological polar surface area (TPSA) is 93.1 Å². The molecule has 0 spiro atoms. The minimum atomic E-state index is -0.266. The SMILES string of the molecule is [C-]#[N+]c1cc(C(=O)N2Cc3c(c(=O)n(-c4ccc(C(=O)NC)cc4)c4c(CCc5ccccc5)cnn34)C[C@H]2C)ccc1Br. The average molecular weight is 650 g/mol. The fraction of sp³-hybridized carbons (Fsp3) is 0.206. The Morgan fingerprint density at radius 2 is 1.77 bits per heavy atom. The largest absolute Gasteiger partial charge is 0.355 e. The van der Waals surface area contributed by atoms with Gasteiger partial charge in [0.05, 0.1) is 30.7 Å². The van der Waals surface area contributed by atoms with Crippen molar-refractivity contribution in [2.24, 2.45) is 0 Å². The van der Waals surface area contributed by atoms with Crippen LogP contribution in [0.5, 0.6) is 0 Å². The van der Waals surface area contributed by atoms with Crippen LogP contribution in [-0.2, 0) is 25.8 Å². The first-order valence-corrected chi connectivity index (χ1v) is 15.1. The van der Waals surface area contributed by atoms with E-state index in [1.807, 2.05) is 25.1 Å². The Morgan fingerprint density at radius 1 is 1.05 bits per heavy atom. The van der Waals surface area contributed by atoms with Crippen LogP contribution in [0.1, 0.15) is 50.0 Å². The van der Waals surface area contributed by atoms with Gasteiger partial charge in [0.15, 0.2) is 0 Å². The third-order valence-corrected chi connectivity index (χ3v) is 8.83. The summed E-state index contributed by atoms with van der Waals surface area (Å²) >= 11 is 3.37. The Bertz CT molecular complexity index is 2010. The molecule has 0 radical (unpaired) electrons. The first-order chi connectivity index (χ1) is 21.3. The van der Waals surface area contributed by atoms with Crippen molar-refractivity contribution in [3.05, 3.63) is 139 Å². The van der Waals surface area contributed by atoms with Gasteiger partial charge in [0.1, 0.15) is 5.65 Å². The first kappa shape index (κ1) is 29.1. The van der Waals surface area contributed by atoms with Gasteiger partial charge < -0.3 is 10.2 Å². The van der Waals surface area contributed by atoms with Crippen LogP contribution >= 0.6 is 15.9 Å². The molecule has 44 heavy (non-hydrogen) atoms. The predicted molar refractivity (Wildman–Crippen MR) is 171 cm³/mol. The molecule has 1 N–H and O–H groups in total. The number of hydrogen-bond donors (Lipinski definition) is 1. The number of hydrogen-bond acceptors (Lipinski definition) is 4. The van der Waals surface area contributed by atoms with Crippen LogP contribution in [0.25, 0.3) is 16.2 Å². The van der Waals surface area contributed by atoms with Crippen LogP contribution in [0.15, 0.2) is 88.3 Å². The molecular weight excluding hydrogens is 620 g/mol. The summed E-state index contributed by atoms with van der Waals surface area (Å²) in [6, 6.07) is 21.8. The number of carbonyl (C=O) groups is 2. The molecule has 3 heterocycles. The highest BCUT2D eigenvalue weighted by Crippen LogP contribution is 2.30. The standard InChI is InChI=1S/C34H29BrN6O3/c1-21-17-27-30(20-39(21)33(43)24-13-16-28(35)29(18-24)36-2)41-32(25(19-38-41)10-9-22-7-5-4-6-8-22)40(34(27)44)26-14-11-23(12-15-26)31(42)37-3/h4-8,11-16,18-19,21H,9-10,17,20H2,1,3H3,(H,37,42)/t21-/m1/s1. The molecule has 0 aliphatic carbocycles. The highest BCUT2D eigenvalue weighted by Gasteiger charge is 2.33. The van der Waals surface area contributed by atoms with Gasteiger partial charge in [0, 0.05) is 39.8 Å². The van der Waals surface area contributed by atoms with Gasteiger partial charge >= 0.3 is 0 Å². The summed E-state index contributed by atoms with van der Waals surface area (Å²) in [6.45, 7) is 9.57. The Hall–Kier alpha value is -5.01. The number of nitrogens with zero attached hydrogens (tertiary/aromatic N) is 5. The summed E-state index contributed by atoms with van der Waals surface area (Å²) in [6.07, 6.45) is 3.56. The number of fused-ring (bicyclic) bond motifs is 3. The first-order valence-electron chi connectivity index (χ1n) is 14.3. The number of amides is 2. The van der Waals surface area contributed by atoms with E-state index in [1.165, 1.54) is 5.56 Å². The van der Waals surface area contributed by atoms with Crippen LogP contribution in [0.4, 0.5) is 5.69 Å². The maximum atomic E-state index is 14.3. The molecule has 0 saturated heterocycles. The zero-order chi connectivity index (χ0) is 31.0. The van der Waals surface area contributed by atoms with E-state index in [4.69, 9.17) is 11.7 Å². The summed E-state index contributed by atoms with van der Waals surface area (Å²) < 4.78 is 4.11. The lowest BCUT2D eigenvalue weighted by Crippen LogP contribution is -2.46. The number of rotatable bonds is 6. The Balaban J connectivity index is 1.47. The van der Waals surface area contributed by atoms with Crippen LogP contribution in [0.3, 0.4) is 0 Å². The zero-order valence-electron chi connectivity index (χ0n) is 24.3. The second-order valence-corrected chi connectivity index (χ2v) is 11.7. The summed E-state index contributed by atoms with van der Waals surface area (Å²) in [5.74, 6) is -0.417. The fourth-order valence-electron chi connectivity index (χ4n) is 5.80. The lowest BCUT2D eigenvalue weighted by molar-refractivity contribution is 0.0651. The Morgan fingerprint density at radius 3 is 2.48 bits per heavy atom. The number of carbonyl (C=O) groups excluding carboxylic acids is 2. The van der Waals surface area contributed by atoms with Gasteiger partial charge in [-0.2, -0.15) is 5.10 Å². The molecule has 9 nitrogen and oxygen atoms in total. The van der Waals surface area contributed by atoms with Gasteiger partial charge in [-0.3, -0.25) is 19.0 Å². The number of halogens is 1. The summed E-state index contributed by atoms with van der Waals surface area (Å²) in [7, 11) is 1.58. The minimum absolute atomic E-state index is 0.167. The normalized spacial score (nSPS) is 14.2. The molecule has 2 amide bonds. The maximum Gasteiger partial charge on any atom is 0.261 e. The fourth-order valence-corrected chi connectivity index (χ4v) is 6.13. The van der Waals surface area contributed by atoms with Crippen LogP contribution < -0.4 is 10.9 Å². The van der Waals surface area contributed by atoms with Gasteiger partial charge in [-0.15, -0.1) is 0 Å². The monoisotopic (exact) mass is 648 g/mol. The van der Waals surface area contributed by atoms with E-state index in [1.54, 1.807) is 69.7 Å². The van der Waals surface area contributed by atoms with Crippen molar-refractivity contribution in [2.75, 3.05) is 7.05 Å². The molecule has 3 aromatic carbocycles. The van der Waals surface area contributed by atoms with Crippen molar-refractivity contribution >= 4 is 39.1 Å². The summed E-state index contributed by atoms with van der Waals surface area (Å²) in [5.41, 5.74) is 5.71. The number of benzene rings is 3. The lowest BCUT2D eigenvalue weighted by Gasteiger charge is -2.35. The molecule has 5 aromatic rings. The van der Waals surface area contributed by atoms with Gasteiger partial charge in [-0.05, 0) is 62.1 Å². The quantitative estimate of drug-likeness (QED) is 0.245. The van der Waals surface area contributed by atoms with Crippen LogP contribution in [-0.4, -0.2) is 44.0 Å². The second-order valence-electron chi connectivity index (χ2n) is 10.8. The van der Waals surface area contributed by atoms with Crippen molar-refractivity contribution in [1.82, 2.24) is 24.4 Å². The van der Waals surface area contributed by atoms with Gasteiger partial charge in [0.25, 0.3) is 17.4 Å². The number of nitrogens with one attached hydrogen (secondary N) is 1. The Labute approximate surface area is 262 Å². The van der Waals surface area contributed by atoms with E-state index >= 15 is 0 Å². The van der Waals surface area contributed by atoms with E-state index in [9.17, 15) is 14.4 Å². The maximum absolute atomic E-state index is 14.3. The molecule has 0 unspecified atom stereocenters. The molecule has 1 aliphatic rings. The molecule has 220 valence electrons. The van der Waals surface area contributed by atoms with Gasteiger partial charge in [-0.1, -0.05) is 58.4 Å². The van der Waals surface area contributed by atoms with E-state index in [2.05, 4.69) is 38.2 Å². The number of aryl methyl sites for hydroxylation is 2. The smallest absolute Gasteiger partial charge is 0.261 e. The molecule has 1 aliphatic heterocycles. The van der Waals surface area contributed by atoms with Crippen molar-refractivity contribution in [3.63, 3.8) is 0 Å². The molecule has 0 fully saturated rings. The molecule has 6 rings (SSSR count).